The first-order valence-corrected chi connectivity index (χ1v) is 14.2. The Morgan fingerprint density at radius 1 is 1.03 bits per heavy atom. The highest BCUT2D eigenvalue weighted by molar-refractivity contribution is 5.26. The van der Waals surface area contributed by atoms with Crippen molar-refractivity contribution in [1.29, 1.82) is 0 Å². The van der Waals surface area contributed by atoms with Crippen LogP contribution in [-0.2, 0) is 0 Å². The average Bonchev–Trinajstić information content (AvgIpc) is 2.99. The number of aliphatic hydroxyl groups excluding tert-OH is 1. The minimum absolute atomic E-state index is 0.0955. The van der Waals surface area contributed by atoms with Crippen LogP contribution in [0.2, 0.25) is 0 Å². The summed E-state index contributed by atoms with van der Waals surface area (Å²) in [5.41, 5.74) is 2.45. The van der Waals surface area contributed by atoms with Gasteiger partial charge in [-0.2, -0.15) is 0 Å². The molecule has 0 aliphatic heterocycles. The maximum Gasteiger partial charge on any atom is 0.0577 e. The van der Waals surface area contributed by atoms with Crippen LogP contribution in [0.4, 0.5) is 0 Å². The van der Waals surface area contributed by atoms with Crippen LogP contribution in [-0.4, -0.2) is 23.3 Å². The fourth-order valence-corrected chi connectivity index (χ4v) is 9.40. The van der Waals surface area contributed by atoms with Gasteiger partial charge in [-0.3, -0.25) is 0 Å². The molecule has 0 aromatic rings. The number of aliphatic hydroxyl groups is 1. The summed E-state index contributed by atoms with van der Waals surface area (Å²) >= 11 is 0. The normalized spacial score (nSPS) is 44.8. The van der Waals surface area contributed by atoms with Crippen molar-refractivity contribution >= 4 is 0 Å². The number of hydrogen-bond donors (Lipinski definition) is 2. The number of fused-ring (bicyclic) bond motifs is 5. The Morgan fingerprint density at radius 3 is 2.47 bits per heavy atom. The summed E-state index contributed by atoms with van der Waals surface area (Å²) < 4.78 is 0. The summed E-state index contributed by atoms with van der Waals surface area (Å²) in [5.74, 6) is 4.99. The van der Waals surface area contributed by atoms with Crippen LogP contribution in [0.25, 0.3) is 0 Å². The topological polar surface area (TPSA) is 32.3 Å². The molecule has 0 spiro atoms. The van der Waals surface area contributed by atoms with Crippen LogP contribution in [0.1, 0.15) is 113 Å². The van der Waals surface area contributed by atoms with Crippen molar-refractivity contribution in [1.82, 2.24) is 5.32 Å². The van der Waals surface area contributed by atoms with Crippen molar-refractivity contribution in [2.45, 2.75) is 131 Å². The summed E-state index contributed by atoms with van der Waals surface area (Å²) in [7, 11) is 0. The second kappa shape index (κ2) is 9.37. The van der Waals surface area contributed by atoms with Gasteiger partial charge in [0.15, 0.2) is 0 Å². The zero-order chi connectivity index (χ0) is 23.3. The highest BCUT2D eigenvalue weighted by atomic mass is 16.3. The van der Waals surface area contributed by atoms with Gasteiger partial charge >= 0.3 is 0 Å². The SMILES string of the molecule is CC(C)CCC[C@@H](C)[C@H]1C(NC(C)C)C[C@H]2[C@@H]3CC=C4C[C@@H](O)CC[C@]4(C)[C@H]3CC[C@]12C. The molecular formula is C30H53NO. The summed E-state index contributed by atoms with van der Waals surface area (Å²) in [6.45, 7) is 17.3. The number of hydrogen-bond acceptors (Lipinski definition) is 2. The van der Waals surface area contributed by atoms with Crippen LogP contribution in [0.15, 0.2) is 11.6 Å². The monoisotopic (exact) mass is 443 g/mol. The predicted molar refractivity (Wildman–Crippen MR) is 136 cm³/mol. The molecule has 3 fully saturated rings. The van der Waals surface area contributed by atoms with Crippen LogP contribution < -0.4 is 5.32 Å². The minimum Gasteiger partial charge on any atom is -0.393 e. The molecule has 0 bridgehead atoms. The van der Waals surface area contributed by atoms with E-state index in [1.807, 2.05) is 0 Å². The van der Waals surface area contributed by atoms with Crippen molar-refractivity contribution in [3.05, 3.63) is 11.6 Å². The Kier molecular flexibility index (Phi) is 7.25. The molecule has 3 saturated carbocycles. The molecule has 1 unspecified atom stereocenters. The summed E-state index contributed by atoms with van der Waals surface area (Å²) in [6.07, 6.45) is 15.3. The third-order valence-electron chi connectivity index (χ3n) is 10.8. The van der Waals surface area contributed by atoms with Crippen molar-refractivity contribution in [3.63, 3.8) is 0 Å². The molecule has 0 amide bonds. The smallest absolute Gasteiger partial charge is 0.0577 e. The molecule has 4 aliphatic rings. The van der Waals surface area contributed by atoms with E-state index in [9.17, 15) is 5.11 Å². The van der Waals surface area contributed by atoms with E-state index >= 15 is 0 Å². The van der Waals surface area contributed by atoms with Crippen molar-refractivity contribution < 1.29 is 5.11 Å². The largest absolute Gasteiger partial charge is 0.393 e. The van der Waals surface area contributed by atoms with E-state index in [4.69, 9.17) is 0 Å². The summed E-state index contributed by atoms with van der Waals surface area (Å²) in [5, 5.41) is 14.4. The first kappa shape index (κ1) is 24.8. The second-order valence-electron chi connectivity index (χ2n) is 13.7. The lowest BCUT2D eigenvalue weighted by Gasteiger charge is -2.58. The second-order valence-corrected chi connectivity index (χ2v) is 13.7. The average molecular weight is 444 g/mol. The Balaban J connectivity index is 1.58. The lowest BCUT2D eigenvalue weighted by atomic mass is 9.47. The third-order valence-corrected chi connectivity index (χ3v) is 10.8. The van der Waals surface area contributed by atoms with E-state index < -0.39 is 0 Å². The first-order valence-electron chi connectivity index (χ1n) is 14.2. The van der Waals surface area contributed by atoms with Crippen molar-refractivity contribution in [2.24, 2.45) is 46.3 Å². The molecule has 2 N–H and O–H groups in total. The molecule has 32 heavy (non-hydrogen) atoms. The number of nitrogens with one attached hydrogen (secondary N) is 1. The Bertz CT molecular complexity index is 682. The van der Waals surface area contributed by atoms with Crippen LogP contribution in [0.5, 0.6) is 0 Å². The van der Waals surface area contributed by atoms with Crippen LogP contribution in [0.3, 0.4) is 0 Å². The number of rotatable bonds is 7. The quantitative estimate of drug-likeness (QED) is 0.403. The minimum atomic E-state index is -0.0955. The Labute approximate surface area is 199 Å². The highest BCUT2D eigenvalue weighted by Gasteiger charge is 2.61. The standard InChI is InChI=1S/C30H53NO/c1-19(2)9-8-10-21(5)28-27(31-20(3)4)18-26-24-12-11-22-17-23(32)13-15-29(22,6)25(24)14-16-30(26,28)7/h11,19-21,23-28,31-32H,8-10,12-18H2,1-7H3/t21-,23+,24-,25+,26+,27?,28+,29+,30+/m1/s1. The van der Waals surface area contributed by atoms with E-state index in [0.29, 0.717) is 22.9 Å². The molecule has 9 atom stereocenters. The maximum atomic E-state index is 10.3. The van der Waals surface area contributed by atoms with Crippen LogP contribution in [0, 0.1) is 46.3 Å². The Morgan fingerprint density at radius 2 is 1.78 bits per heavy atom. The zero-order valence-corrected chi connectivity index (χ0v) is 22.3. The molecule has 0 aromatic carbocycles. The molecular weight excluding hydrogens is 390 g/mol. The summed E-state index contributed by atoms with van der Waals surface area (Å²) in [6, 6.07) is 1.25. The number of allylic oxidation sites excluding steroid dienone is 1. The fraction of sp³-hybridized carbons (Fsp3) is 0.933. The van der Waals surface area contributed by atoms with Crippen molar-refractivity contribution in [2.75, 3.05) is 0 Å². The molecule has 184 valence electrons. The molecule has 2 nitrogen and oxygen atoms in total. The van der Waals surface area contributed by atoms with Gasteiger partial charge < -0.3 is 10.4 Å². The molecule has 4 rings (SSSR count). The zero-order valence-electron chi connectivity index (χ0n) is 22.3. The molecule has 0 aromatic heterocycles. The van der Waals surface area contributed by atoms with E-state index in [1.54, 1.807) is 5.57 Å². The third kappa shape index (κ3) is 4.37. The van der Waals surface area contributed by atoms with Gasteiger partial charge in [-0.05, 0) is 91.3 Å². The molecule has 2 heteroatoms. The van der Waals surface area contributed by atoms with Gasteiger partial charge in [0, 0.05) is 12.1 Å². The van der Waals surface area contributed by atoms with E-state index in [0.717, 1.165) is 48.3 Å². The predicted octanol–water partition coefficient (Wildman–Crippen LogP) is 7.37. The van der Waals surface area contributed by atoms with Gasteiger partial charge in [-0.15, -0.1) is 0 Å². The van der Waals surface area contributed by atoms with Crippen LogP contribution >= 0.6 is 0 Å². The first-order chi connectivity index (χ1) is 15.1. The molecule has 0 saturated heterocycles. The molecule has 0 radical (unpaired) electrons. The molecule has 4 aliphatic carbocycles. The van der Waals surface area contributed by atoms with Gasteiger partial charge in [-0.25, -0.2) is 0 Å². The lowest BCUT2D eigenvalue weighted by Crippen LogP contribution is -2.51. The van der Waals surface area contributed by atoms with Gasteiger partial charge in [0.25, 0.3) is 0 Å². The van der Waals surface area contributed by atoms with Crippen molar-refractivity contribution in [3.8, 4) is 0 Å². The van der Waals surface area contributed by atoms with Gasteiger partial charge in [-0.1, -0.05) is 79.4 Å². The van der Waals surface area contributed by atoms with E-state index in [1.165, 1.54) is 51.4 Å². The lowest BCUT2D eigenvalue weighted by molar-refractivity contribution is -0.0582. The molecule has 0 heterocycles. The maximum absolute atomic E-state index is 10.3. The highest BCUT2D eigenvalue weighted by Crippen LogP contribution is 2.67. The van der Waals surface area contributed by atoms with Gasteiger partial charge in [0.2, 0.25) is 0 Å². The van der Waals surface area contributed by atoms with E-state index in [2.05, 4.69) is 59.9 Å². The van der Waals surface area contributed by atoms with Gasteiger partial charge in [0.1, 0.15) is 0 Å². The Hall–Kier alpha value is -0.340. The van der Waals surface area contributed by atoms with E-state index in [-0.39, 0.29) is 6.10 Å². The van der Waals surface area contributed by atoms with Gasteiger partial charge in [0.05, 0.1) is 6.10 Å². The fourth-order valence-electron chi connectivity index (χ4n) is 9.40. The summed E-state index contributed by atoms with van der Waals surface area (Å²) in [4.78, 5) is 0.